The molecule has 5 nitrogen and oxygen atoms in total. The van der Waals surface area contributed by atoms with Crippen molar-refractivity contribution in [3.8, 4) is 0 Å². The topological polar surface area (TPSA) is 42.3 Å². The van der Waals surface area contributed by atoms with Crippen molar-refractivity contribution >= 4 is 17.3 Å². The molecule has 1 aliphatic carbocycles. The number of hydrogen-bond acceptors (Lipinski definition) is 3. The molecule has 1 aliphatic heterocycles. The van der Waals surface area contributed by atoms with Crippen molar-refractivity contribution in [1.29, 1.82) is 0 Å². The molecule has 0 amide bonds. The number of aryl methyl sites for hydroxylation is 1. The minimum atomic E-state index is 0.0570. The number of nitrogens with one attached hydrogen (secondary N) is 1. The summed E-state index contributed by atoms with van der Waals surface area (Å²) >= 11 is 5.79. The summed E-state index contributed by atoms with van der Waals surface area (Å²) in [6.45, 7) is 6.17. The van der Waals surface area contributed by atoms with Crippen LogP contribution < -0.4 is 5.32 Å². The maximum atomic E-state index is 5.79. The lowest BCUT2D eigenvalue weighted by atomic mass is 9.94. The lowest BCUT2D eigenvalue weighted by Gasteiger charge is -2.29. The molecule has 0 bridgehead atoms. The lowest BCUT2D eigenvalue weighted by Crippen LogP contribution is -2.31. The predicted octanol–water partition coefficient (Wildman–Crippen LogP) is 5.01. The van der Waals surface area contributed by atoms with E-state index in [9.17, 15) is 0 Å². The van der Waals surface area contributed by atoms with E-state index >= 15 is 0 Å². The first kappa shape index (κ1) is 21.3. The van der Waals surface area contributed by atoms with Crippen molar-refractivity contribution in [1.82, 2.24) is 19.8 Å². The van der Waals surface area contributed by atoms with Crippen LogP contribution in [0, 0.1) is 13.8 Å². The van der Waals surface area contributed by atoms with Crippen molar-refractivity contribution in [2.24, 2.45) is 0 Å². The number of nitrogens with zero attached hydrogens (tertiary/aromatic N) is 3. The van der Waals surface area contributed by atoms with Crippen LogP contribution in [0.4, 0.5) is 0 Å². The van der Waals surface area contributed by atoms with Gasteiger partial charge in [0, 0.05) is 43.9 Å². The van der Waals surface area contributed by atoms with Gasteiger partial charge in [0.2, 0.25) is 0 Å². The summed E-state index contributed by atoms with van der Waals surface area (Å²) in [5.74, 6) is 0. The van der Waals surface area contributed by atoms with Crippen LogP contribution in [0.15, 0.2) is 30.5 Å². The van der Waals surface area contributed by atoms with E-state index in [1.807, 2.05) is 12.3 Å². The molecule has 162 valence electrons. The molecule has 30 heavy (non-hydrogen) atoms. The number of pyridine rings is 1. The molecule has 1 saturated heterocycles. The molecule has 6 heteroatoms. The van der Waals surface area contributed by atoms with Crippen molar-refractivity contribution in [2.75, 3.05) is 20.3 Å². The zero-order valence-electron chi connectivity index (χ0n) is 18.4. The second-order valence-electron chi connectivity index (χ2n) is 8.65. The van der Waals surface area contributed by atoms with E-state index in [1.165, 1.54) is 49.1 Å². The van der Waals surface area contributed by atoms with E-state index < -0.39 is 0 Å². The quantitative estimate of drug-likeness (QED) is 0.498. The van der Waals surface area contributed by atoms with E-state index in [-0.39, 0.29) is 12.1 Å². The van der Waals surface area contributed by atoms with Crippen LogP contribution in [0.5, 0.6) is 0 Å². The van der Waals surface area contributed by atoms with Crippen molar-refractivity contribution in [3.63, 3.8) is 0 Å². The van der Waals surface area contributed by atoms with Crippen molar-refractivity contribution < 1.29 is 4.74 Å². The fourth-order valence-electron chi connectivity index (χ4n) is 5.37. The van der Waals surface area contributed by atoms with Gasteiger partial charge in [0.25, 0.3) is 0 Å². The highest BCUT2D eigenvalue weighted by Gasteiger charge is 2.41. The van der Waals surface area contributed by atoms with Gasteiger partial charge in [-0.25, -0.2) is 0 Å². The molecule has 0 spiro atoms. The van der Waals surface area contributed by atoms with Crippen LogP contribution in [0.1, 0.15) is 79.3 Å². The standard InChI is InChI=1S/C24H34N4OS/c1-17-16-20(18(2)28(17)19-10-5-4-6-11-19)23-22(21-12-7-8-13-25-21)26-24(30)27(23)14-9-15-29-3/h7-8,12-13,16,19,22-23H,4-6,9-11,14-15H2,1-3H3,(H,26,30)/t22-,23+/m1/s1. The molecule has 0 aromatic carbocycles. The Morgan fingerprint density at radius 1 is 1.20 bits per heavy atom. The van der Waals surface area contributed by atoms with Crippen LogP contribution in [0.25, 0.3) is 0 Å². The SMILES string of the molecule is COCCCN1C(=S)N[C@H](c2ccccn2)[C@@H]1c1cc(C)n(C2CCCCC2)c1C. The fourth-order valence-corrected chi connectivity index (χ4v) is 5.70. The molecule has 0 unspecified atom stereocenters. The minimum absolute atomic E-state index is 0.0570. The molecule has 1 saturated carbocycles. The van der Waals surface area contributed by atoms with Gasteiger partial charge in [-0.15, -0.1) is 0 Å². The molecular weight excluding hydrogens is 392 g/mol. The Bertz CT molecular complexity index is 860. The third-order valence-corrected chi connectivity index (χ3v) is 7.08. The Kier molecular flexibility index (Phi) is 6.74. The van der Waals surface area contributed by atoms with Crippen molar-refractivity contribution in [3.05, 3.63) is 53.1 Å². The second kappa shape index (κ2) is 9.48. The summed E-state index contributed by atoms with van der Waals surface area (Å²) in [5, 5.41) is 4.39. The predicted molar refractivity (Wildman–Crippen MR) is 125 cm³/mol. The first-order valence-electron chi connectivity index (χ1n) is 11.3. The van der Waals surface area contributed by atoms with Gasteiger partial charge < -0.3 is 19.5 Å². The highest BCUT2D eigenvalue weighted by molar-refractivity contribution is 7.80. The van der Waals surface area contributed by atoms with Gasteiger partial charge in [0.1, 0.15) is 0 Å². The smallest absolute Gasteiger partial charge is 0.170 e. The van der Waals surface area contributed by atoms with Crippen molar-refractivity contribution in [2.45, 2.75) is 70.5 Å². The molecule has 1 N–H and O–H groups in total. The summed E-state index contributed by atoms with van der Waals surface area (Å²) in [7, 11) is 1.76. The van der Waals surface area contributed by atoms with E-state index in [0.717, 1.165) is 30.4 Å². The third kappa shape index (κ3) is 4.12. The lowest BCUT2D eigenvalue weighted by molar-refractivity contribution is 0.180. The highest BCUT2D eigenvalue weighted by Crippen LogP contribution is 2.42. The van der Waals surface area contributed by atoms with E-state index in [0.29, 0.717) is 6.04 Å². The largest absolute Gasteiger partial charge is 0.385 e. The number of methoxy groups -OCH3 is 1. The zero-order valence-corrected chi connectivity index (χ0v) is 19.3. The van der Waals surface area contributed by atoms with E-state index in [4.69, 9.17) is 17.0 Å². The van der Waals surface area contributed by atoms with Gasteiger partial charge in [0.05, 0.1) is 17.8 Å². The van der Waals surface area contributed by atoms with Gasteiger partial charge >= 0.3 is 0 Å². The van der Waals surface area contributed by atoms with E-state index in [2.05, 4.69) is 51.8 Å². The van der Waals surface area contributed by atoms with Gasteiger partial charge in [-0.3, -0.25) is 4.98 Å². The monoisotopic (exact) mass is 426 g/mol. The van der Waals surface area contributed by atoms with Crippen LogP contribution in [-0.2, 0) is 4.74 Å². The second-order valence-corrected chi connectivity index (χ2v) is 9.04. The molecule has 2 fully saturated rings. The molecule has 2 aliphatic rings. The van der Waals surface area contributed by atoms with Gasteiger partial charge in [-0.1, -0.05) is 25.3 Å². The first-order chi connectivity index (χ1) is 14.6. The summed E-state index contributed by atoms with van der Waals surface area (Å²) in [5.41, 5.74) is 5.16. The maximum absolute atomic E-state index is 5.79. The average molecular weight is 427 g/mol. The normalized spacial score (nSPS) is 22.5. The molecular formula is C24H34N4OS. The summed E-state index contributed by atoms with van der Waals surface area (Å²) in [6.07, 6.45) is 9.45. The van der Waals surface area contributed by atoms with Crippen LogP contribution in [-0.4, -0.2) is 39.8 Å². The summed E-state index contributed by atoms with van der Waals surface area (Å²) < 4.78 is 7.90. The highest BCUT2D eigenvalue weighted by atomic mass is 32.1. The fraction of sp³-hybridized carbons (Fsp3) is 0.583. The number of hydrogen-bond donors (Lipinski definition) is 1. The van der Waals surface area contributed by atoms with Crippen LogP contribution in [0.3, 0.4) is 0 Å². The van der Waals surface area contributed by atoms with Gasteiger partial charge in [-0.2, -0.15) is 0 Å². The summed E-state index contributed by atoms with van der Waals surface area (Å²) in [6, 6.07) is 9.36. The Morgan fingerprint density at radius 2 is 2.00 bits per heavy atom. The van der Waals surface area contributed by atoms with Crippen LogP contribution in [0.2, 0.25) is 0 Å². The Morgan fingerprint density at radius 3 is 2.70 bits per heavy atom. The molecule has 2 aromatic heterocycles. The Labute approximate surface area is 185 Å². The first-order valence-corrected chi connectivity index (χ1v) is 11.7. The Hall–Kier alpha value is -1.92. The number of rotatable bonds is 7. The minimum Gasteiger partial charge on any atom is -0.385 e. The van der Waals surface area contributed by atoms with Gasteiger partial charge in [-0.05, 0) is 69.1 Å². The van der Waals surface area contributed by atoms with Crippen LogP contribution >= 0.6 is 12.2 Å². The molecule has 4 rings (SSSR count). The molecule has 2 aromatic rings. The number of ether oxygens (including phenoxy) is 1. The molecule has 2 atom stereocenters. The number of aromatic nitrogens is 2. The number of thiocarbonyl (C=S) groups is 1. The van der Waals surface area contributed by atoms with E-state index in [1.54, 1.807) is 7.11 Å². The van der Waals surface area contributed by atoms with Gasteiger partial charge in [0.15, 0.2) is 5.11 Å². The maximum Gasteiger partial charge on any atom is 0.170 e. The Balaban J connectivity index is 1.72. The molecule has 0 radical (unpaired) electrons. The molecule has 3 heterocycles. The average Bonchev–Trinajstić information content (AvgIpc) is 3.25. The summed E-state index contributed by atoms with van der Waals surface area (Å²) in [4.78, 5) is 7.02. The zero-order chi connectivity index (χ0) is 21.1. The third-order valence-electron chi connectivity index (χ3n) is 6.73.